The zero-order valence-electron chi connectivity index (χ0n) is 29.2. The first kappa shape index (κ1) is 38.3. The maximum atomic E-state index is 13.5. The van der Waals surface area contributed by atoms with Crippen molar-refractivity contribution in [3.63, 3.8) is 0 Å². The van der Waals surface area contributed by atoms with Crippen molar-refractivity contribution >= 4 is 27.9 Å². The van der Waals surface area contributed by atoms with Gasteiger partial charge < -0.3 is 24.6 Å². The Hall–Kier alpha value is -3.48. The number of esters is 1. The molecular formula is C37H53N3O8S. The zero-order valence-corrected chi connectivity index (χ0v) is 30.0. The number of benzene rings is 2. The van der Waals surface area contributed by atoms with Crippen LogP contribution >= 0.6 is 0 Å². The van der Waals surface area contributed by atoms with Gasteiger partial charge in [0.15, 0.2) is 0 Å². The predicted octanol–water partition coefficient (Wildman–Crippen LogP) is 5.03. The summed E-state index contributed by atoms with van der Waals surface area (Å²) in [6.07, 6.45) is 7.43. The molecule has 2 aromatic rings. The van der Waals surface area contributed by atoms with Crippen molar-refractivity contribution in [3.05, 3.63) is 59.7 Å². The summed E-state index contributed by atoms with van der Waals surface area (Å²) in [4.78, 5) is 43.5. The highest BCUT2D eigenvalue weighted by Gasteiger charge is 2.31. The molecule has 49 heavy (non-hydrogen) atoms. The van der Waals surface area contributed by atoms with Crippen LogP contribution in [0.25, 0.3) is 0 Å². The van der Waals surface area contributed by atoms with E-state index in [0.717, 1.165) is 50.9 Å². The summed E-state index contributed by atoms with van der Waals surface area (Å²) in [7, 11) is -2.62. The van der Waals surface area contributed by atoms with E-state index >= 15 is 0 Å². The van der Waals surface area contributed by atoms with E-state index in [0.29, 0.717) is 43.2 Å². The standard InChI is InChI=1S/C37H53N3O8S/c1-4-5-19-39-21-17-29(18-22-39)13-16-35(41)40-20-7-9-31(27-40)37(43)38-34(26-36(42)46-3)30-8-6-10-32(25-30)47-23-24-48-49(44,45)33-14-11-28(2)12-15-33/h6,8,10-12,14-15,25,29,31,34H,4-5,7,9,13,16-24,26-27H2,1-3H3,(H,38,43)/t31-,34+/m1/s1. The molecule has 2 heterocycles. The third-order valence-corrected chi connectivity index (χ3v) is 10.8. The first-order chi connectivity index (χ1) is 23.6. The molecule has 0 saturated carbocycles. The molecule has 270 valence electrons. The molecule has 0 unspecified atom stereocenters. The maximum Gasteiger partial charge on any atom is 0.307 e. The van der Waals surface area contributed by atoms with Crippen LogP contribution in [0.1, 0.15) is 81.9 Å². The van der Waals surface area contributed by atoms with Crippen molar-refractivity contribution in [2.75, 3.05) is 53.0 Å². The first-order valence-electron chi connectivity index (χ1n) is 17.6. The molecule has 11 nitrogen and oxygen atoms in total. The van der Waals surface area contributed by atoms with Gasteiger partial charge in [0.25, 0.3) is 10.1 Å². The van der Waals surface area contributed by atoms with Gasteiger partial charge >= 0.3 is 5.97 Å². The van der Waals surface area contributed by atoms with Crippen molar-refractivity contribution < 1.29 is 36.5 Å². The number of nitrogens with one attached hydrogen (secondary N) is 1. The van der Waals surface area contributed by atoms with Crippen molar-refractivity contribution in [1.29, 1.82) is 0 Å². The van der Waals surface area contributed by atoms with Gasteiger partial charge in [-0.2, -0.15) is 8.42 Å². The Kier molecular flexibility index (Phi) is 14.9. The van der Waals surface area contributed by atoms with Crippen LogP contribution in [0, 0.1) is 18.8 Å². The second-order valence-electron chi connectivity index (χ2n) is 13.2. The van der Waals surface area contributed by atoms with Gasteiger partial charge in [0.1, 0.15) is 19.0 Å². The average Bonchev–Trinajstić information content (AvgIpc) is 3.12. The van der Waals surface area contributed by atoms with Crippen LogP contribution in [0.3, 0.4) is 0 Å². The minimum atomic E-state index is -3.92. The minimum absolute atomic E-state index is 0.0351. The highest BCUT2D eigenvalue weighted by molar-refractivity contribution is 7.86. The number of carbonyl (C=O) groups is 3. The molecule has 0 aromatic heterocycles. The van der Waals surface area contributed by atoms with E-state index in [1.807, 2.05) is 11.8 Å². The van der Waals surface area contributed by atoms with E-state index in [4.69, 9.17) is 13.7 Å². The van der Waals surface area contributed by atoms with E-state index in [9.17, 15) is 22.8 Å². The quantitative estimate of drug-likeness (QED) is 0.137. The summed E-state index contributed by atoms with van der Waals surface area (Å²) in [5.41, 5.74) is 1.57. The second-order valence-corrected chi connectivity index (χ2v) is 14.8. The summed E-state index contributed by atoms with van der Waals surface area (Å²) in [6.45, 7) is 8.25. The van der Waals surface area contributed by atoms with Gasteiger partial charge in [-0.1, -0.05) is 43.2 Å². The molecule has 1 N–H and O–H groups in total. The van der Waals surface area contributed by atoms with Crippen molar-refractivity contribution in [3.8, 4) is 5.75 Å². The van der Waals surface area contributed by atoms with E-state index in [-0.39, 0.29) is 42.3 Å². The highest BCUT2D eigenvalue weighted by Crippen LogP contribution is 2.27. The molecule has 0 radical (unpaired) electrons. The number of piperidine rings is 2. The molecule has 0 aliphatic carbocycles. The van der Waals surface area contributed by atoms with Crippen LogP contribution < -0.4 is 10.1 Å². The lowest BCUT2D eigenvalue weighted by atomic mass is 9.91. The third kappa shape index (κ3) is 12.1. The van der Waals surface area contributed by atoms with Gasteiger partial charge in [0.2, 0.25) is 11.8 Å². The van der Waals surface area contributed by atoms with Crippen LogP contribution in [0.5, 0.6) is 5.75 Å². The molecular weight excluding hydrogens is 646 g/mol. The van der Waals surface area contributed by atoms with Crippen LogP contribution in [0.15, 0.2) is 53.4 Å². The highest BCUT2D eigenvalue weighted by atomic mass is 32.2. The lowest BCUT2D eigenvalue weighted by molar-refractivity contribution is -0.141. The summed E-state index contributed by atoms with van der Waals surface area (Å²) >= 11 is 0. The Bertz CT molecular complexity index is 1470. The van der Waals surface area contributed by atoms with Gasteiger partial charge in [-0.25, -0.2) is 0 Å². The van der Waals surface area contributed by atoms with E-state index < -0.39 is 22.1 Å². The Labute approximate surface area is 291 Å². The van der Waals surface area contributed by atoms with Crippen LogP contribution in [0.4, 0.5) is 0 Å². The first-order valence-corrected chi connectivity index (χ1v) is 19.0. The monoisotopic (exact) mass is 699 g/mol. The lowest BCUT2D eigenvalue weighted by Crippen LogP contribution is -2.46. The number of amides is 2. The molecule has 2 aromatic carbocycles. The lowest BCUT2D eigenvalue weighted by Gasteiger charge is -2.34. The number of ether oxygens (including phenoxy) is 2. The van der Waals surface area contributed by atoms with E-state index in [1.165, 1.54) is 32.1 Å². The number of rotatable bonds is 17. The van der Waals surface area contributed by atoms with Gasteiger partial charge in [-0.15, -0.1) is 0 Å². The molecule has 0 bridgehead atoms. The second kappa shape index (κ2) is 19.1. The van der Waals surface area contributed by atoms with E-state index in [1.54, 1.807) is 36.4 Å². The largest absolute Gasteiger partial charge is 0.491 e. The van der Waals surface area contributed by atoms with Crippen molar-refractivity contribution in [2.24, 2.45) is 11.8 Å². The van der Waals surface area contributed by atoms with Crippen molar-refractivity contribution in [1.82, 2.24) is 15.1 Å². The summed E-state index contributed by atoms with van der Waals surface area (Å²) in [5.74, 6) is 0.0295. The Morgan fingerprint density at radius 3 is 2.47 bits per heavy atom. The number of aryl methyl sites for hydroxylation is 1. The molecule has 2 aliphatic heterocycles. The molecule has 2 atom stereocenters. The molecule has 4 rings (SSSR count). The number of methoxy groups -OCH3 is 1. The summed E-state index contributed by atoms with van der Waals surface area (Å²) in [5, 5.41) is 3.02. The average molecular weight is 700 g/mol. The fraction of sp³-hybridized carbons (Fsp3) is 0.595. The van der Waals surface area contributed by atoms with Gasteiger partial charge in [-0.3, -0.25) is 18.6 Å². The van der Waals surface area contributed by atoms with Gasteiger partial charge in [0.05, 0.1) is 30.4 Å². The molecule has 2 amide bonds. The van der Waals surface area contributed by atoms with Crippen LogP contribution in [-0.4, -0.2) is 89.0 Å². The fourth-order valence-electron chi connectivity index (χ4n) is 6.47. The van der Waals surface area contributed by atoms with Crippen LogP contribution in [-0.2, 0) is 33.4 Å². The van der Waals surface area contributed by atoms with Crippen LogP contribution in [0.2, 0.25) is 0 Å². The maximum absolute atomic E-state index is 13.5. The number of carbonyl (C=O) groups excluding carboxylic acids is 3. The SMILES string of the molecule is CCCCN1CCC(CCC(=O)N2CCC[C@@H](C(=O)N[C@@H](CC(=O)OC)c3cccc(OCCOS(=O)(=O)c4ccc(C)cc4)c3)C2)CC1. The Balaban J connectivity index is 1.28. The number of nitrogens with zero attached hydrogens (tertiary/aromatic N) is 2. The number of hydrogen-bond acceptors (Lipinski definition) is 9. The molecule has 2 aliphatic rings. The van der Waals surface area contributed by atoms with Crippen molar-refractivity contribution in [2.45, 2.75) is 82.6 Å². The topological polar surface area (TPSA) is 132 Å². The number of unbranched alkanes of at least 4 members (excludes halogenated alkanes) is 1. The Morgan fingerprint density at radius 2 is 1.76 bits per heavy atom. The zero-order chi connectivity index (χ0) is 35.2. The molecule has 2 fully saturated rings. The van der Waals surface area contributed by atoms with Gasteiger partial charge in [0, 0.05) is 19.5 Å². The number of likely N-dealkylation sites (tertiary alicyclic amines) is 2. The third-order valence-electron chi connectivity index (χ3n) is 9.52. The fourth-order valence-corrected chi connectivity index (χ4v) is 7.37. The van der Waals surface area contributed by atoms with E-state index in [2.05, 4.69) is 17.1 Å². The molecule has 12 heteroatoms. The summed E-state index contributed by atoms with van der Waals surface area (Å²) < 4.78 is 40.7. The smallest absolute Gasteiger partial charge is 0.307 e. The molecule has 2 saturated heterocycles. The summed E-state index contributed by atoms with van der Waals surface area (Å²) in [6, 6.07) is 12.6. The normalized spacial score (nSPS) is 18.1. The molecule has 0 spiro atoms. The Morgan fingerprint density at radius 1 is 1.00 bits per heavy atom. The minimum Gasteiger partial charge on any atom is -0.491 e. The number of hydrogen-bond donors (Lipinski definition) is 1. The predicted molar refractivity (Wildman–Crippen MR) is 186 cm³/mol. The van der Waals surface area contributed by atoms with Gasteiger partial charge in [-0.05, 0) is 101 Å².